The van der Waals surface area contributed by atoms with E-state index in [0.29, 0.717) is 6.54 Å². The van der Waals surface area contributed by atoms with E-state index in [2.05, 4.69) is 15.4 Å². The predicted octanol–water partition coefficient (Wildman–Crippen LogP) is 0.626. The van der Waals surface area contributed by atoms with Crippen molar-refractivity contribution >= 4 is 11.9 Å². The number of hydrogen-bond donors (Lipinski definition) is 2. The van der Waals surface area contributed by atoms with E-state index in [0.717, 1.165) is 11.1 Å². The summed E-state index contributed by atoms with van der Waals surface area (Å²) in [5.74, 6) is -0.336. The maximum atomic E-state index is 11.4. The molecule has 0 aromatic heterocycles. The van der Waals surface area contributed by atoms with Crippen LogP contribution in [0.1, 0.15) is 18.1 Å². The first-order chi connectivity index (χ1) is 9.08. The highest BCUT2D eigenvalue weighted by Gasteiger charge is 2.12. The Morgan fingerprint density at radius 1 is 1.26 bits per heavy atom. The SMILES string of the molecule is CNC(=O)C(C)NCc1ccccc1CC(=O)OC. The van der Waals surface area contributed by atoms with Crippen molar-refractivity contribution in [3.8, 4) is 0 Å². The second kappa shape index (κ2) is 7.53. The van der Waals surface area contributed by atoms with Crippen LogP contribution in [-0.4, -0.2) is 32.1 Å². The summed E-state index contributed by atoms with van der Waals surface area (Å²) in [5, 5.41) is 5.70. The van der Waals surface area contributed by atoms with E-state index >= 15 is 0 Å². The first-order valence-corrected chi connectivity index (χ1v) is 6.17. The molecule has 1 atom stereocenters. The molecule has 5 heteroatoms. The fourth-order valence-corrected chi connectivity index (χ4v) is 1.70. The number of hydrogen-bond acceptors (Lipinski definition) is 4. The van der Waals surface area contributed by atoms with E-state index in [1.165, 1.54) is 7.11 Å². The van der Waals surface area contributed by atoms with Crippen LogP contribution in [0.3, 0.4) is 0 Å². The predicted molar refractivity (Wildman–Crippen MR) is 72.5 cm³/mol. The van der Waals surface area contributed by atoms with Crippen LogP contribution in [0, 0.1) is 0 Å². The third kappa shape index (κ3) is 4.71. The van der Waals surface area contributed by atoms with Crippen LogP contribution >= 0.6 is 0 Å². The average molecular weight is 264 g/mol. The zero-order valence-corrected chi connectivity index (χ0v) is 11.5. The molecule has 1 aromatic rings. The number of carbonyl (C=O) groups is 2. The van der Waals surface area contributed by atoms with Gasteiger partial charge in [-0.15, -0.1) is 0 Å². The van der Waals surface area contributed by atoms with Crippen LogP contribution in [0.5, 0.6) is 0 Å². The van der Waals surface area contributed by atoms with Crippen molar-refractivity contribution in [3.05, 3.63) is 35.4 Å². The third-order valence-electron chi connectivity index (χ3n) is 2.92. The molecule has 1 aromatic carbocycles. The van der Waals surface area contributed by atoms with Gasteiger partial charge in [-0.2, -0.15) is 0 Å². The highest BCUT2D eigenvalue weighted by atomic mass is 16.5. The van der Waals surface area contributed by atoms with Gasteiger partial charge in [-0.1, -0.05) is 24.3 Å². The van der Waals surface area contributed by atoms with Gasteiger partial charge in [0.2, 0.25) is 5.91 Å². The Balaban J connectivity index is 2.67. The molecule has 0 fully saturated rings. The summed E-state index contributed by atoms with van der Waals surface area (Å²) in [6.07, 6.45) is 0.239. The monoisotopic (exact) mass is 264 g/mol. The molecule has 5 nitrogen and oxygen atoms in total. The second-order valence-electron chi connectivity index (χ2n) is 4.24. The molecular weight excluding hydrogens is 244 g/mol. The molecule has 1 unspecified atom stereocenters. The van der Waals surface area contributed by atoms with Crippen LogP contribution in [0.25, 0.3) is 0 Å². The Morgan fingerprint density at radius 2 is 1.89 bits per heavy atom. The van der Waals surface area contributed by atoms with Crippen molar-refractivity contribution in [2.45, 2.75) is 25.9 Å². The maximum absolute atomic E-state index is 11.4. The van der Waals surface area contributed by atoms with Gasteiger partial charge in [0.15, 0.2) is 0 Å². The Morgan fingerprint density at radius 3 is 2.47 bits per heavy atom. The molecule has 0 spiro atoms. The fourth-order valence-electron chi connectivity index (χ4n) is 1.70. The number of amides is 1. The molecule has 2 N–H and O–H groups in total. The number of carbonyl (C=O) groups excluding carboxylic acids is 2. The Bertz CT molecular complexity index is 446. The smallest absolute Gasteiger partial charge is 0.309 e. The average Bonchev–Trinajstić information content (AvgIpc) is 2.44. The lowest BCUT2D eigenvalue weighted by atomic mass is 10.0. The van der Waals surface area contributed by atoms with Gasteiger partial charge < -0.3 is 15.4 Å². The number of methoxy groups -OCH3 is 1. The minimum atomic E-state index is -0.281. The number of nitrogens with one attached hydrogen (secondary N) is 2. The lowest BCUT2D eigenvalue weighted by molar-refractivity contribution is -0.139. The number of esters is 1. The van der Waals surface area contributed by atoms with Crippen molar-refractivity contribution in [1.82, 2.24) is 10.6 Å². The van der Waals surface area contributed by atoms with Gasteiger partial charge in [-0.3, -0.25) is 9.59 Å². The van der Waals surface area contributed by atoms with Gasteiger partial charge >= 0.3 is 5.97 Å². The van der Waals surface area contributed by atoms with E-state index in [4.69, 9.17) is 0 Å². The van der Waals surface area contributed by atoms with Crippen molar-refractivity contribution in [1.29, 1.82) is 0 Å². The maximum Gasteiger partial charge on any atom is 0.309 e. The summed E-state index contributed by atoms with van der Waals surface area (Å²) in [6, 6.07) is 7.32. The van der Waals surface area contributed by atoms with E-state index in [-0.39, 0.29) is 24.3 Å². The number of rotatable bonds is 6. The fraction of sp³-hybridized carbons (Fsp3) is 0.429. The van der Waals surface area contributed by atoms with E-state index in [1.807, 2.05) is 24.3 Å². The topological polar surface area (TPSA) is 67.4 Å². The van der Waals surface area contributed by atoms with Crippen LogP contribution in [0.2, 0.25) is 0 Å². The third-order valence-corrected chi connectivity index (χ3v) is 2.92. The molecule has 1 amide bonds. The number of likely N-dealkylation sites (N-methyl/N-ethyl adjacent to an activating group) is 1. The van der Waals surface area contributed by atoms with E-state index in [9.17, 15) is 9.59 Å². The molecule has 0 bridgehead atoms. The molecule has 0 aliphatic carbocycles. The largest absolute Gasteiger partial charge is 0.469 e. The number of benzene rings is 1. The molecule has 0 aliphatic rings. The first-order valence-electron chi connectivity index (χ1n) is 6.17. The Labute approximate surface area is 113 Å². The van der Waals surface area contributed by atoms with E-state index in [1.54, 1.807) is 14.0 Å². The quantitative estimate of drug-likeness (QED) is 0.739. The molecule has 0 radical (unpaired) electrons. The molecule has 19 heavy (non-hydrogen) atoms. The summed E-state index contributed by atoms with van der Waals surface area (Å²) in [6.45, 7) is 2.32. The summed E-state index contributed by atoms with van der Waals surface area (Å²) < 4.78 is 4.67. The molecule has 0 saturated heterocycles. The Kier molecular flexibility index (Phi) is 6.02. The van der Waals surface area contributed by atoms with E-state index < -0.39 is 0 Å². The van der Waals surface area contributed by atoms with Gasteiger partial charge in [-0.05, 0) is 18.1 Å². The van der Waals surface area contributed by atoms with Gasteiger partial charge in [0, 0.05) is 13.6 Å². The lowest BCUT2D eigenvalue weighted by Crippen LogP contribution is -2.40. The molecule has 0 heterocycles. The normalized spacial score (nSPS) is 11.7. The summed E-state index contributed by atoms with van der Waals surface area (Å²) in [5.41, 5.74) is 1.90. The Hall–Kier alpha value is -1.88. The summed E-state index contributed by atoms with van der Waals surface area (Å²) in [4.78, 5) is 22.7. The van der Waals surface area contributed by atoms with Crippen LogP contribution in [0.15, 0.2) is 24.3 Å². The van der Waals surface area contributed by atoms with Crippen LogP contribution < -0.4 is 10.6 Å². The standard InChI is InChI=1S/C14H20N2O3/c1-10(14(18)15-2)16-9-12-7-5-4-6-11(12)8-13(17)19-3/h4-7,10,16H,8-9H2,1-3H3,(H,15,18). The van der Waals surface area contributed by atoms with Crippen molar-refractivity contribution in [2.75, 3.05) is 14.2 Å². The van der Waals surface area contributed by atoms with Gasteiger partial charge in [0.1, 0.15) is 0 Å². The zero-order chi connectivity index (χ0) is 14.3. The molecule has 0 aliphatic heterocycles. The van der Waals surface area contributed by atoms with Crippen molar-refractivity contribution in [3.63, 3.8) is 0 Å². The molecule has 1 rings (SSSR count). The minimum absolute atomic E-state index is 0.0644. The summed E-state index contributed by atoms with van der Waals surface area (Å²) >= 11 is 0. The number of ether oxygens (including phenoxy) is 1. The van der Waals surface area contributed by atoms with Crippen molar-refractivity contribution in [2.24, 2.45) is 0 Å². The van der Waals surface area contributed by atoms with Gasteiger partial charge in [0.25, 0.3) is 0 Å². The first kappa shape index (κ1) is 15.2. The highest BCUT2D eigenvalue weighted by Crippen LogP contribution is 2.10. The highest BCUT2D eigenvalue weighted by molar-refractivity contribution is 5.80. The van der Waals surface area contributed by atoms with Crippen LogP contribution in [-0.2, 0) is 27.3 Å². The second-order valence-corrected chi connectivity index (χ2v) is 4.24. The molecular formula is C14H20N2O3. The zero-order valence-electron chi connectivity index (χ0n) is 11.5. The minimum Gasteiger partial charge on any atom is -0.469 e. The van der Waals surface area contributed by atoms with Gasteiger partial charge in [0.05, 0.1) is 19.6 Å². The lowest BCUT2D eigenvalue weighted by Gasteiger charge is -2.14. The molecule has 104 valence electrons. The summed E-state index contributed by atoms with van der Waals surface area (Å²) in [7, 11) is 2.97. The van der Waals surface area contributed by atoms with Crippen molar-refractivity contribution < 1.29 is 14.3 Å². The van der Waals surface area contributed by atoms with Gasteiger partial charge in [-0.25, -0.2) is 0 Å². The molecule has 0 saturated carbocycles. The van der Waals surface area contributed by atoms with Crippen LogP contribution in [0.4, 0.5) is 0 Å².